The topological polar surface area (TPSA) is 124 Å². The van der Waals surface area contributed by atoms with Crippen molar-refractivity contribution in [2.45, 2.75) is 13.8 Å². The smallest absolute Gasteiger partial charge is 0.357 e. The lowest BCUT2D eigenvalue weighted by molar-refractivity contribution is -0.385. The van der Waals surface area contributed by atoms with Gasteiger partial charge >= 0.3 is 11.2 Å². The largest absolute Gasteiger partial charge is 0.362 e. The highest BCUT2D eigenvalue weighted by molar-refractivity contribution is 6.30. The van der Waals surface area contributed by atoms with Gasteiger partial charge in [0.25, 0.3) is 5.91 Å². The van der Waals surface area contributed by atoms with E-state index in [-0.39, 0.29) is 12.1 Å². The number of amides is 1. The molecule has 1 aliphatic rings. The van der Waals surface area contributed by atoms with Gasteiger partial charge in [0.2, 0.25) is 0 Å². The Kier molecular flexibility index (Phi) is 8.56. The monoisotopic (exact) mass is 473 g/mol. The van der Waals surface area contributed by atoms with Gasteiger partial charge in [0.05, 0.1) is 10.4 Å². The number of carbonyl (C=O) groups is 1. The summed E-state index contributed by atoms with van der Waals surface area (Å²) in [5, 5.41) is 13.0. The molecule has 2 aromatic carbocycles. The van der Waals surface area contributed by atoms with Crippen molar-refractivity contribution in [1.29, 1.82) is 0 Å². The molecule has 1 fully saturated rings. The van der Waals surface area contributed by atoms with Crippen LogP contribution in [-0.4, -0.2) is 46.5 Å². The predicted octanol–water partition coefficient (Wildman–Crippen LogP) is 4.25. The summed E-state index contributed by atoms with van der Waals surface area (Å²) in [6, 6.07) is 13.8. The van der Waals surface area contributed by atoms with Gasteiger partial charge in [-0.2, -0.15) is 0 Å². The summed E-state index contributed by atoms with van der Waals surface area (Å²) >= 11 is 5.89. The SMILES string of the molecule is CC.Cn1c(=O)c([N+](=O)[O-])c(N2CCN(C(=O)c3ccc(Cl)cc3)CC2)c2ccccc21.N. The number of aromatic nitrogens is 1. The minimum atomic E-state index is -0.645. The number of pyridine rings is 1. The van der Waals surface area contributed by atoms with Crippen LogP contribution < -0.4 is 16.6 Å². The minimum Gasteiger partial charge on any atom is -0.362 e. The van der Waals surface area contributed by atoms with Crippen molar-refractivity contribution in [3.8, 4) is 0 Å². The van der Waals surface area contributed by atoms with Gasteiger partial charge in [-0.3, -0.25) is 19.7 Å². The minimum absolute atomic E-state index is 0. The molecule has 1 amide bonds. The highest BCUT2D eigenvalue weighted by Gasteiger charge is 2.31. The number of fused-ring (bicyclic) bond motifs is 1. The maximum atomic E-state index is 12.7. The maximum absolute atomic E-state index is 12.7. The molecule has 0 radical (unpaired) electrons. The van der Waals surface area contributed by atoms with Crippen LogP contribution in [0.3, 0.4) is 0 Å². The van der Waals surface area contributed by atoms with Crippen molar-refractivity contribution in [3.63, 3.8) is 0 Å². The van der Waals surface area contributed by atoms with Crippen LogP contribution in [0.25, 0.3) is 10.9 Å². The van der Waals surface area contributed by atoms with Gasteiger partial charge in [0.15, 0.2) is 0 Å². The predicted molar refractivity (Wildman–Crippen MR) is 132 cm³/mol. The van der Waals surface area contributed by atoms with E-state index in [9.17, 15) is 19.7 Å². The van der Waals surface area contributed by atoms with Crippen molar-refractivity contribution < 1.29 is 9.72 Å². The summed E-state index contributed by atoms with van der Waals surface area (Å²) in [6.45, 7) is 5.55. The van der Waals surface area contributed by atoms with Crippen LogP contribution in [0.15, 0.2) is 53.3 Å². The third-order valence-electron chi connectivity index (χ3n) is 5.41. The van der Waals surface area contributed by atoms with E-state index in [1.165, 1.54) is 11.6 Å². The third kappa shape index (κ3) is 4.99. The number of benzene rings is 2. The number of hydrogen-bond acceptors (Lipinski definition) is 6. The van der Waals surface area contributed by atoms with Crippen LogP contribution in [0.5, 0.6) is 0 Å². The summed E-state index contributed by atoms with van der Waals surface area (Å²) < 4.78 is 1.30. The van der Waals surface area contributed by atoms with Crippen molar-refractivity contribution >= 4 is 39.8 Å². The van der Waals surface area contributed by atoms with Gasteiger partial charge in [-0.1, -0.05) is 43.6 Å². The molecule has 10 heteroatoms. The molecule has 0 spiro atoms. The fraction of sp³-hybridized carbons (Fsp3) is 0.304. The second-order valence-electron chi connectivity index (χ2n) is 7.12. The van der Waals surface area contributed by atoms with E-state index in [0.29, 0.717) is 53.4 Å². The van der Waals surface area contributed by atoms with E-state index in [0.717, 1.165) is 0 Å². The van der Waals surface area contributed by atoms with Crippen LogP contribution in [0.1, 0.15) is 24.2 Å². The van der Waals surface area contributed by atoms with E-state index < -0.39 is 16.2 Å². The summed E-state index contributed by atoms with van der Waals surface area (Å²) in [5.41, 5.74) is 0.403. The third-order valence-corrected chi connectivity index (χ3v) is 5.66. The number of nitro groups is 1. The molecule has 3 aromatic rings. The van der Waals surface area contributed by atoms with Gasteiger partial charge in [0.1, 0.15) is 5.69 Å². The highest BCUT2D eigenvalue weighted by atomic mass is 35.5. The number of nitrogens with zero attached hydrogens (tertiary/aromatic N) is 4. The molecule has 0 unspecified atom stereocenters. The first kappa shape index (κ1) is 25.8. The van der Waals surface area contributed by atoms with Crippen LogP contribution in [-0.2, 0) is 7.05 Å². The standard InChI is InChI=1S/C21H19ClN4O4.C2H6.H3N/c1-23-17-5-3-2-4-16(17)18(19(21(23)28)26(29)30)24-10-12-25(13-11-24)20(27)14-6-8-15(22)9-7-14;1-2;/h2-9H,10-13H2,1H3;1-2H3;1H3. The van der Waals surface area contributed by atoms with Gasteiger partial charge < -0.3 is 20.5 Å². The molecule has 9 nitrogen and oxygen atoms in total. The number of rotatable bonds is 3. The van der Waals surface area contributed by atoms with Crippen LogP contribution in [0.4, 0.5) is 11.4 Å². The molecule has 1 aliphatic heterocycles. The lowest BCUT2D eigenvalue weighted by atomic mass is 10.1. The normalized spacial score (nSPS) is 13.1. The second kappa shape index (κ2) is 10.9. The zero-order valence-corrected chi connectivity index (χ0v) is 19.7. The van der Waals surface area contributed by atoms with Crippen molar-refractivity contribution in [3.05, 3.63) is 79.6 Å². The highest BCUT2D eigenvalue weighted by Crippen LogP contribution is 2.34. The molecule has 176 valence electrons. The summed E-state index contributed by atoms with van der Waals surface area (Å²) in [5.74, 6) is -0.116. The maximum Gasteiger partial charge on any atom is 0.357 e. The zero-order valence-electron chi connectivity index (χ0n) is 19.0. The summed E-state index contributed by atoms with van der Waals surface area (Å²) in [7, 11) is 1.53. The van der Waals surface area contributed by atoms with Gasteiger partial charge in [-0.05, 0) is 30.3 Å². The van der Waals surface area contributed by atoms with Crippen LogP contribution in [0.2, 0.25) is 5.02 Å². The van der Waals surface area contributed by atoms with Crippen molar-refractivity contribution in [2.75, 3.05) is 31.1 Å². The molecule has 4 rings (SSSR count). The average Bonchev–Trinajstić information content (AvgIpc) is 2.82. The Bertz CT molecular complexity index is 1200. The lowest BCUT2D eigenvalue weighted by Gasteiger charge is -2.36. The first-order valence-electron chi connectivity index (χ1n) is 10.4. The molecular weight excluding hydrogens is 446 g/mol. The fourth-order valence-electron chi connectivity index (χ4n) is 3.86. The molecule has 0 atom stereocenters. The molecule has 0 aliphatic carbocycles. The Morgan fingerprint density at radius 1 is 1.00 bits per heavy atom. The number of hydrogen-bond donors (Lipinski definition) is 1. The van der Waals surface area contributed by atoms with E-state index in [2.05, 4.69) is 0 Å². The van der Waals surface area contributed by atoms with Crippen LogP contribution in [0, 0.1) is 10.1 Å². The Hall–Kier alpha value is -3.43. The molecule has 33 heavy (non-hydrogen) atoms. The molecule has 1 saturated heterocycles. The number of aryl methyl sites for hydroxylation is 1. The summed E-state index contributed by atoms with van der Waals surface area (Å²) in [6.07, 6.45) is 0. The second-order valence-corrected chi connectivity index (χ2v) is 7.56. The lowest BCUT2D eigenvalue weighted by Crippen LogP contribution is -2.49. The van der Waals surface area contributed by atoms with Crippen molar-refractivity contribution in [2.24, 2.45) is 7.05 Å². The molecular formula is C23H28ClN5O4. The Labute approximate surface area is 196 Å². The number of anilines is 1. The molecule has 3 N–H and O–H groups in total. The number of carbonyl (C=O) groups excluding carboxylic acids is 1. The molecule has 0 saturated carbocycles. The number of para-hydroxylation sites is 1. The Morgan fingerprint density at radius 3 is 2.15 bits per heavy atom. The van der Waals surface area contributed by atoms with Crippen molar-refractivity contribution in [1.82, 2.24) is 15.6 Å². The van der Waals surface area contributed by atoms with E-state index in [1.54, 1.807) is 53.4 Å². The number of halogens is 1. The molecule has 0 bridgehead atoms. The van der Waals surface area contributed by atoms with Crippen LogP contribution >= 0.6 is 11.6 Å². The van der Waals surface area contributed by atoms with Gasteiger partial charge in [0, 0.05) is 49.2 Å². The Balaban J connectivity index is 0.00000125. The van der Waals surface area contributed by atoms with E-state index in [1.807, 2.05) is 18.7 Å². The van der Waals surface area contributed by atoms with Gasteiger partial charge in [-0.25, -0.2) is 0 Å². The molecule has 1 aromatic heterocycles. The number of piperazine rings is 1. The van der Waals surface area contributed by atoms with Gasteiger partial charge in [-0.15, -0.1) is 0 Å². The van der Waals surface area contributed by atoms with E-state index in [4.69, 9.17) is 11.6 Å². The summed E-state index contributed by atoms with van der Waals surface area (Å²) in [4.78, 5) is 40.1. The fourth-order valence-corrected chi connectivity index (χ4v) is 3.98. The average molecular weight is 474 g/mol. The zero-order chi connectivity index (χ0) is 23.4. The first-order chi connectivity index (χ1) is 15.4. The van der Waals surface area contributed by atoms with E-state index >= 15 is 0 Å². The molecule has 2 heterocycles. The quantitative estimate of drug-likeness (QED) is 0.448. The first-order valence-corrected chi connectivity index (χ1v) is 10.8. The Morgan fingerprint density at radius 2 is 1.58 bits per heavy atom.